The molecule has 0 radical (unpaired) electrons. The summed E-state index contributed by atoms with van der Waals surface area (Å²) in [4.78, 5) is 15.5. The molecular weight excluding hydrogens is 267 g/mol. The van der Waals surface area contributed by atoms with E-state index in [9.17, 15) is 9.18 Å². The van der Waals surface area contributed by atoms with Gasteiger partial charge in [0.2, 0.25) is 0 Å². The third-order valence-electron chi connectivity index (χ3n) is 4.06. The number of carbonyl (C=O) groups excluding carboxylic acids is 1. The van der Waals surface area contributed by atoms with Gasteiger partial charge in [-0.05, 0) is 42.3 Å². The van der Waals surface area contributed by atoms with Gasteiger partial charge < -0.3 is 10.3 Å². The molecule has 2 heterocycles. The number of halogens is 1. The number of amides is 1. The Morgan fingerprint density at radius 2 is 2.05 bits per heavy atom. The molecule has 0 unspecified atom stereocenters. The van der Waals surface area contributed by atoms with Crippen LogP contribution in [0.1, 0.15) is 22.8 Å². The number of benzene rings is 2. The Labute approximate surface area is 120 Å². The number of aryl methyl sites for hydroxylation is 1. The van der Waals surface area contributed by atoms with E-state index in [1.807, 2.05) is 31.3 Å². The molecule has 0 atom stereocenters. The highest BCUT2D eigenvalue weighted by Gasteiger charge is 2.28. The number of hydrogen-bond donors (Lipinski definition) is 2. The van der Waals surface area contributed by atoms with Crippen molar-refractivity contribution in [3.8, 4) is 11.3 Å². The fourth-order valence-corrected chi connectivity index (χ4v) is 3.12. The molecule has 4 heteroatoms. The van der Waals surface area contributed by atoms with Gasteiger partial charge in [0.05, 0.1) is 5.56 Å². The van der Waals surface area contributed by atoms with E-state index in [1.165, 1.54) is 6.07 Å². The zero-order valence-electron chi connectivity index (χ0n) is 11.5. The first-order valence-corrected chi connectivity index (χ1v) is 6.94. The van der Waals surface area contributed by atoms with Crippen molar-refractivity contribution < 1.29 is 9.18 Å². The Hall–Kier alpha value is -2.62. The number of nitrogens with one attached hydrogen (secondary N) is 2. The van der Waals surface area contributed by atoms with Gasteiger partial charge in [-0.15, -0.1) is 0 Å². The average molecular weight is 280 g/mol. The quantitative estimate of drug-likeness (QED) is 0.729. The molecule has 0 saturated heterocycles. The van der Waals surface area contributed by atoms with Gasteiger partial charge in [0.15, 0.2) is 0 Å². The molecule has 2 aromatic carbocycles. The molecule has 0 bridgehead atoms. The molecule has 1 amide bonds. The van der Waals surface area contributed by atoms with Crippen LogP contribution in [-0.2, 0) is 6.42 Å². The van der Waals surface area contributed by atoms with Gasteiger partial charge >= 0.3 is 0 Å². The lowest BCUT2D eigenvalue weighted by molar-refractivity contribution is 0.103. The van der Waals surface area contributed by atoms with E-state index in [1.54, 1.807) is 6.07 Å². The standard InChI is InChI=1S/C17H13FN2O/c1-2-9-8-10(12-4-3-7-19-12)15-16-13(20-17(15)21)6-5-11(18)14(9)16/h3-8,19H,2H2,1H3,(H,20,21). The smallest absolute Gasteiger partial charge is 0.257 e. The second kappa shape index (κ2) is 4.19. The Morgan fingerprint density at radius 1 is 1.19 bits per heavy atom. The molecule has 0 aliphatic carbocycles. The second-order valence-electron chi connectivity index (χ2n) is 5.19. The summed E-state index contributed by atoms with van der Waals surface area (Å²) in [5.74, 6) is -0.450. The summed E-state index contributed by atoms with van der Waals surface area (Å²) >= 11 is 0. The molecule has 1 aromatic heterocycles. The third kappa shape index (κ3) is 1.56. The largest absolute Gasteiger partial charge is 0.361 e. The van der Waals surface area contributed by atoms with Crippen LogP contribution in [-0.4, -0.2) is 10.9 Å². The topological polar surface area (TPSA) is 44.9 Å². The maximum Gasteiger partial charge on any atom is 0.257 e. The molecule has 1 aliphatic rings. The van der Waals surface area contributed by atoms with Crippen LogP contribution in [0.3, 0.4) is 0 Å². The molecule has 104 valence electrons. The first-order chi connectivity index (χ1) is 10.2. The Bertz CT molecular complexity index is 882. The van der Waals surface area contributed by atoms with Crippen molar-refractivity contribution in [2.75, 3.05) is 5.32 Å². The minimum Gasteiger partial charge on any atom is -0.361 e. The fraction of sp³-hybridized carbons (Fsp3) is 0.118. The van der Waals surface area contributed by atoms with Crippen LogP contribution in [0.2, 0.25) is 0 Å². The van der Waals surface area contributed by atoms with E-state index in [2.05, 4.69) is 10.3 Å². The van der Waals surface area contributed by atoms with Gasteiger partial charge in [0.25, 0.3) is 5.91 Å². The molecule has 4 rings (SSSR count). The van der Waals surface area contributed by atoms with Crippen molar-refractivity contribution in [3.05, 3.63) is 53.5 Å². The van der Waals surface area contributed by atoms with Crippen molar-refractivity contribution in [1.29, 1.82) is 0 Å². The highest BCUT2D eigenvalue weighted by atomic mass is 19.1. The third-order valence-corrected chi connectivity index (χ3v) is 4.06. The Morgan fingerprint density at radius 3 is 2.76 bits per heavy atom. The SMILES string of the molecule is CCc1cc(-c2ccc[nH]2)c2c3c(ccc(F)c13)NC2=O. The molecule has 3 aromatic rings. The highest BCUT2D eigenvalue weighted by Crippen LogP contribution is 2.41. The number of H-pyrrole nitrogens is 1. The van der Waals surface area contributed by atoms with E-state index in [0.717, 1.165) is 16.8 Å². The number of aromatic nitrogens is 1. The van der Waals surface area contributed by atoms with Crippen molar-refractivity contribution in [3.63, 3.8) is 0 Å². The van der Waals surface area contributed by atoms with Gasteiger partial charge in [-0.2, -0.15) is 0 Å². The maximum absolute atomic E-state index is 14.3. The van der Waals surface area contributed by atoms with E-state index < -0.39 is 0 Å². The van der Waals surface area contributed by atoms with Crippen LogP contribution in [0, 0.1) is 5.82 Å². The van der Waals surface area contributed by atoms with Crippen LogP contribution in [0.25, 0.3) is 22.0 Å². The van der Waals surface area contributed by atoms with Gasteiger partial charge in [-0.1, -0.05) is 6.92 Å². The monoisotopic (exact) mass is 280 g/mol. The molecule has 3 nitrogen and oxygen atoms in total. The van der Waals surface area contributed by atoms with Crippen LogP contribution in [0.5, 0.6) is 0 Å². The summed E-state index contributed by atoms with van der Waals surface area (Å²) in [5.41, 5.74) is 3.85. The fourth-order valence-electron chi connectivity index (χ4n) is 3.12. The predicted molar refractivity (Wildman–Crippen MR) is 81.0 cm³/mol. The minimum absolute atomic E-state index is 0.173. The minimum atomic E-state index is -0.276. The molecule has 1 aliphatic heterocycles. The van der Waals surface area contributed by atoms with Crippen molar-refractivity contribution in [1.82, 2.24) is 4.98 Å². The highest BCUT2D eigenvalue weighted by molar-refractivity contribution is 6.27. The van der Waals surface area contributed by atoms with Crippen LogP contribution >= 0.6 is 0 Å². The van der Waals surface area contributed by atoms with Crippen molar-refractivity contribution >= 4 is 22.4 Å². The lowest BCUT2D eigenvalue weighted by atomic mass is 9.92. The summed E-state index contributed by atoms with van der Waals surface area (Å²) in [6, 6.07) is 8.77. The summed E-state index contributed by atoms with van der Waals surface area (Å²) in [5, 5.41) is 4.08. The average Bonchev–Trinajstić information content (AvgIpc) is 3.12. The summed E-state index contributed by atoms with van der Waals surface area (Å²) in [6.07, 6.45) is 2.52. The van der Waals surface area contributed by atoms with Crippen molar-refractivity contribution in [2.45, 2.75) is 13.3 Å². The molecule has 0 fully saturated rings. The lowest BCUT2D eigenvalue weighted by Crippen LogP contribution is -2.06. The first-order valence-electron chi connectivity index (χ1n) is 6.94. The zero-order valence-corrected chi connectivity index (χ0v) is 11.5. The van der Waals surface area contributed by atoms with Crippen LogP contribution in [0.15, 0.2) is 36.5 Å². The normalized spacial score (nSPS) is 13.0. The van der Waals surface area contributed by atoms with E-state index in [0.29, 0.717) is 28.4 Å². The predicted octanol–water partition coefficient (Wildman–Crippen LogP) is 4.10. The van der Waals surface area contributed by atoms with Crippen molar-refractivity contribution in [2.24, 2.45) is 0 Å². The number of rotatable bonds is 2. The van der Waals surface area contributed by atoms with Gasteiger partial charge in [-0.3, -0.25) is 4.79 Å². The number of hydrogen-bond acceptors (Lipinski definition) is 1. The van der Waals surface area contributed by atoms with Gasteiger partial charge in [0.1, 0.15) is 5.82 Å². The van der Waals surface area contributed by atoms with Gasteiger partial charge in [0, 0.05) is 33.9 Å². The van der Waals surface area contributed by atoms with Gasteiger partial charge in [-0.25, -0.2) is 4.39 Å². The second-order valence-corrected chi connectivity index (χ2v) is 5.19. The summed E-state index contributed by atoms with van der Waals surface area (Å²) in [6.45, 7) is 1.99. The van der Waals surface area contributed by atoms with E-state index in [-0.39, 0.29) is 11.7 Å². The molecule has 0 spiro atoms. The zero-order chi connectivity index (χ0) is 14.6. The summed E-state index contributed by atoms with van der Waals surface area (Å²) in [7, 11) is 0. The Kier molecular flexibility index (Phi) is 2.42. The number of anilines is 1. The molecular formula is C17H13FN2O. The van der Waals surface area contributed by atoms with Crippen LogP contribution < -0.4 is 5.32 Å². The number of aromatic amines is 1. The Balaban J connectivity index is 2.21. The molecule has 2 N–H and O–H groups in total. The maximum atomic E-state index is 14.3. The molecule has 21 heavy (non-hydrogen) atoms. The van der Waals surface area contributed by atoms with E-state index >= 15 is 0 Å². The molecule has 0 saturated carbocycles. The van der Waals surface area contributed by atoms with Crippen LogP contribution in [0.4, 0.5) is 10.1 Å². The summed E-state index contributed by atoms with van der Waals surface area (Å²) < 4.78 is 14.3. The number of carbonyl (C=O) groups is 1. The lowest BCUT2D eigenvalue weighted by Gasteiger charge is -2.11. The van der Waals surface area contributed by atoms with E-state index in [4.69, 9.17) is 0 Å². The first kappa shape index (κ1) is 12.1.